The van der Waals surface area contributed by atoms with Gasteiger partial charge in [0, 0.05) is 51.9 Å². The Morgan fingerprint density at radius 1 is 1.06 bits per heavy atom. The lowest BCUT2D eigenvalue weighted by Gasteiger charge is -2.34. The fourth-order valence-electron chi connectivity index (χ4n) is 3.71. The first kappa shape index (κ1) is 23.8. The molecule has 0 aliphatic carbocycles. The second kappa shape index (κ2) is 12.3. The van der Waals surface area contributed by atoms with E-state index in [9.17, 15) is 4.79 Å². The van der Waals surface area contributed by atoms with Crippen molar-refractivity contribution in [1.29, 1.82) is 0 Å². The highest BCUT2D eigenvalue weighted by molar-refractivity contribution is 7.99. The van der Waals surface area contributed by atoms with Crippen molar-refractivity contribution in [2.75, 3.05) is 49.9 Å². The molecule has 1 aliphatic rings. The summed E-state index contributed by atoms with van der Waals surface area (Å²) in [6.07, 6.45) is 2.08. The molecule has 1 aliphatic heterocycles. The summed E-state index contributed by atoms with van der Waals surface area (Å²) in [6.45, 7) is 10.4. The Labute approximate surface area is 195 Å². The number of piperazine rings is 1. The highest BCUT2D eigenvalue weighted by Gasteiger charge is 2.21. The van der Waals surface area contributed by atoms with Crippen LogP contribution in [0, 0.1) is 0 Å². The van der Waals surface area contributed by atoms with Crippen molar-refractivity contribution in [3.05, 3.63) is 47.1 Å². The lowest BCUT2D eigenvalue weighted by Crippen LogP contribution is -2.48. The van der Waals surface area contributed by atoms with Crippen molar-refractivity contribution < 1.29 is 4.79 Å². The van der Waals surface area contributed by atoms with Crippen molar-refractivity contribution in [3.8, 4) is 0 Å². The monoisotopic (exact) mass is 461 g/mol. The molecular weight excluding hydrogens is 430 g/mol. The lowest BCUT2D eigenvalue weighted by atomic mass is 10.2. The van der Waals surface area contributed by atoms with Crippen LogP contribution in [0.25, 0.3) is 0 Å². The second-order valence-corrected chi connectivity index (χ2v) is 9.08. The van der Waals surface area contributed by atoms with Crippen molar-refractivity contribution in [1.82, 2.24) is 19.8 Å². The van der Waals surface area contributed by atoms with E-state index in [0.717, 1.165) is 64.5 Å². The number of anilines is 1. The van der Waals surface area contributed by atoms with E-state index >= 15 is 0 Å². The molecule has 2 heterocycles. The van der Waals surface area contributed by atoms with Crippen LogP contribution in [-0.4, -0.2) is 70.7 Å². The van der Waals surface area contributed by atoms with Crippen LogP contribution in [-0.2, 0) is 11.3 Å². The molecule has 3 rings (SSSR count). The smallest absolute Gasteiger partial charge is 0.233 e. The van der Waals surface area contributed by atoms with Crippen LogP contribution in [0.3, 0.4) is 0 Å². The molecule has 0 spiro atoms. The molecule has 0 atom stereocenters. The maximum absolute atomic E-state index is 12.7. The minimum absolute atomic E-state index is 0.133. The zero-order valence-electron chi connectivity index (χ0n) is 18.5. The molecular formula is C23H32ClN5OS. The summed E-state index contributed by atoms with van der Waals surface area (Å²) in [5.74, 6) is 1.31. The Morgan fingerprint density at radius 2 is 1.74 bits per heavy atom. The normalized spacial score (nSPS) is 14.6. The summed E-state index contributed by atoms with van der Waals surface area (Å²) in [5, 5.41) is 0.988. The molecule has 168 valence electrons. The van der Waals surface area contributed by atoms with E-state index in [4.69, 9.17) is 11.6 Å². The predicted molar refractivity (Wildman–Crippen MR) is 129 cm³/mol. The maximum atomic E-state index is 12.7. The first-order valence-corrected chi connectivity index (χ1v) is 12.4. The van der Waals surface area contributed by atoms with Crippen LogP contribution in [0.1, 0.15) is 32.3 Å². The summed E-state index contributed by atoms with van der Waals surface area (Å²) < 4.78 is 0. The van der Waals surface area contributed by atoms with Gasteiger partial charge in [0.25, 0.3) is 0 Å². The van der Waals surface area contributed by atoms with E-state index in [1.54, 1.807) is 0 Å². The van der Waals surface area contributed by atoms with Gasteiger partial charge in [-0.25, -0.2) is 9.97 Å². The number of hydrogen-bond donors (Lipinski definition) is 0. The van der Waals surface area contributed by atoms with Gasteiger partial charge in [0.15, 0.2) is 5.16 Å². The molecule has 8 heteroatoms. The van der Waals surface area contributed by atoms with Crippen LogP contribution in [0.5, 0.6) is 0 Å². The van der Waals surface area contributed by atoms with Gasteiger partial charge >= 0.3 is 0 Å². The van der Waals surface area contributed by atoms with Crippen LogP contribution in [0.4, 0.5) is 5.82 Å². The SMILES string of the molecule is CCCN(CCC)c1cc(Cl)nc(SCC(=O)N2CCN(Cc3ccccc3)CC2)n1. The number of rotatable bonds is 10. The number of carbonyl (C=O) groups is 1. The lowest BCUT2D eigenvalue weighted by molar-refractivity contribution is -0.130. The van der Waals surface area contributed by atoms with Crippen molar-refractivity contribution in [3.63, 3.8) is 0 Å². The van der Waals surface area contributed by atoms with E-state index < -0.39 is 0 Å². The van der Waals surface area contributed by atoms with Gasteiger partial charge in [-0.05, 0) is 18.4 Å². The van der Waals surface area contributed by atoms with Gasteiger partial charge in [0.05, 0.1) is 5.75 Å². The largest absolute Gasteiger partial charge is 0.356 e. The molecule has 0 saturated carbocycles. The van der Waals surface area contributed by atoms with Gasteiger partial charge in [-0.2, -0.15) is 0 Å². The standard InChI is InChI=1S/C23H32ClN5OS/c1-3-10-28(11-4-2)21-16-20(24)25-23(26-21)31-18-22(30)29-14-12-27(13-15-29)17-19-8-6-5-7-9-19/h5-9,16H,3-4,10-15,17-18H2,1-2H3. The van der Waals surface area contributed by atoms with Gasteiger partial charge < -0.3 is 9.80 Å². The maximum Gasteiger partial charge on any atom is 0.233 e. The predicted octanol–water partition coefficient (Wildman–Crippen LogP) is 4.19. The molecule has 1 fully saturated rings. The number of amides is 1. The van der Waals surface area contributed by atoms with Gasteiger partial charge in [-0.1, -0.05) is 67.5 Å². The van der Waals surface area contributed by atoms with Crippen LogP contribution < -0.4 is 4.90 Å². The fourth-order valence-corrected chi connectivity index (χ4v) is 4.69. The van der Waals surface area contributed by atoms with Crippen LogP contribution in [0.15, 0.2) is 41.6 Å². The van der Waals surface area contributed by atoms with E-state index in [0.29, 0.717) is 16.1 Å². The van der Waals surface area contributed by atoms with E-state index in [2.05, 4.69) is 57.9 Å². The van der Waals surface area contributed by atoms with Gasteiger partial charge in [-0.3, -0.25) is 9.69 Å². The van der Waals surface area contributed by atoms with Gasteiger partial charge in [0.2, 0.25) is 5.91 Å². The molecule has 0 radical (unpaired) electrons. The highest BCUT2D eigenvalue weighted by atomic mass is 35.5. The number of benzene rings is 1. The van der Waals surface area contributed by atoms with Crippen LogP contribution >= 0.6 is 23.4 Å². The third kappa shape index (κ3) is 7.37. The van der Waals surface area contributed by atoms with E-state index in [1.165, 1.54) is 17.3 Å². The summed E-state index contributed by atoms with van der Waals surface area (Å²) in [7, 11) is 0. The zero-order chi connectivity index (χ0) is 22.1. The fraction of sp³-hybridized carbons (Fsp3) is 0.522. The first-order valence-electron chi connectivity index (χ1n) is 11.1. The number of nitrogens with zero attached hydrogens (tertiary/aromatic N) is 5. The number of aromatic nitrogens is 2. The number of halogens is 1. The van der Waals surface area contributed by atoms with Crippen molar-refractivity contribution >= 4 is 35.1 Å². The molecule has 0 N–H and O–H groups in total. The molecule has 0 bridgehead atoms. The minimum Gasteiger partial charge on any atom is -0.356 e. The number of thioether (sulfide) groups is 1. The average Bonchev–Trinajstić information content (AvgIpc) is 2.78. The Kier molecular flexibility index (Phi) is 9.43. The summed E-state index contributed by atoms with van der Waals surface area (Å²) in [4.78, 5) is 28.3. The molecule has 2 aromatic rings. The Balaban J connectivity index is 1.50. The third-order valence-electron chi connectivity index (χ3n) is 5.27. The molecule has 0 unspecified atom stereocenters. The molecule has 31 heavy (non-hydrogen) atoms. The van der Waals surface area contributed by atoms with Crippen molar-refractivity contribution in [2.45, 2.75) is 38.4 Å². The second-order valence-electron chi connectivity index (χ2n) is 7.75. The Hall–Kier alpha value is -1.83. The third-order valence-corrected chi connectivity index (χ3v) is 6.30. The molecule has 1 amide bonds. The molecule has 1 aromatic heterocycles. The van der Waals surface area contributed by atoms with E-state index in [-0.39, 0.29) is 5.91 Å². The minimum atomic E-state index is 0.133. The number of hydrogen-bond acceptors (Lipinski definition) is 6. The quantitative estimate of drug-likeness (QED) is 0.300. The molecule has 6 nitrogen and oxygen atoms in total. The molecule has 1 saturated heterocycles. The Bertz CT molecular complexity index is 824. The van der Waals surface area contributed by atoms with E-state index in [1.807, 2.05) is 17.0 Å². The number of carbonyl (C=O) groups excluding carboxylic acids is 1. The zero-order valence-corrected chi connectivity index (χ0v) is 20.0. The molecule has 1 aromatic carbocycles. The summed E-state index contributed by atoms with van der Waals surface area (Å²) in [5.41, 5.74) is 1.31. The Morgan fingerprint density at radius 3 is 2.39 bits per heavy atom. The summed E-state index contributed by atoms with van der Waals surface area (Å²) >= 11 is 7.62. The average molecular weight is 462 g/mol. The van der Waals surface area contributed by atoms with Gasteiger partial charge in [-0.15, -0.1) is 0 Å². The first-order chi connectivity index (χ1) is 15.1. The topological polar surface area (TPSA) is 52.6 Å². The van der Waals surface area contributed by atoms with Crippen LogP contribution in [0.2, 0.25) is 5.15 Å². The highest BCUT2D eigenvalue weighted by Crippen LogP contribution is 2.23. The summed E-state index contributed by atoms with van der Waals surface area (Å²) in [6, 6.07) is 12.3. The van der Waals surface area contributed by atoms with Crippen molar-refractivity contribution in [2.24, 2.45) is 0 Å². The van der Waals surface area contributed by atoms with Gasteiger partial charge in [0.1, 0.15) is 11.0 Å².